The van der Waals surface area contributed by atoms with Crippen molar-refractivity contribution < 1.29 is 29.0 Å². The number of aliphatic carboxylic acids is 1. The summed E-state index contributed by atoms with van der Waals surface area (Å²) < 4.78 is 11.0. The fourth-order valence-electron chi connectivity index (χ4n) is 3.29. The third kappa shape index (κ3) is 5.20. The summed E-state index contributed by atoms with van der Waals surface area (Å²) >= 11 is 5.28. The SMILES string of the molecule is CCOc1cc(/C=C2/C(=O)NC(=S)N(c3ccccc3CC)C2=O)ccc1O[C@@H](C)C(=O)O. The van der Waals surface area contributed by atoms with Gasteiger partial charge in [-0.05, 0) is 67.9 Å². The van der Waals surface area contributed by atoms with Crippen molar-refractivity contribution in [3.63, 3.8) is 0 Å². The Morgan fingerprint density at radius 1 is 1.18 bits per heavy atom. The van der Waals surface area contributed by atoms with Gasteiger partial charge in [-0.2, -0.15) is 0 Å². The number of hydrogen-bond acceptors (Lipinski definition) is 6. The number of hydrogen-bond donors (Lipinski definition) is 2. The Balaban J connectivity index is 1.99. The van der Waals surface area contributed by atoms with Crippen LogP contribution >= 0.6 is 12.2 Å². The summed E-state index contributed by atoms with van der Waals surface area (Å²) in [6.45, 7) is 5.46. The number of para-hydroxylation sites is 1. The summed E-state index contributed by atoms with van der Waals surface area (Å²) in [7, 11) is 0. The molecule has 0 saturated carbocycles. The van der Waals surface area contributed by atoms with Gasteiger partial charge in [0.15, 0.2) is 22.7 Å². The van der Waals surface area contributed by atoms with E-state index in [0.29, 0.717) is 30.0 Å². The number of nitrogens with one attached hydrogen (secondary N) is 1. The van der Waals surface area contributed by atoms with Crippen LogP contribution in [0.5, 0.6) is 11.5 Å². The molecule has 8 nitrogen and oxygen atoms in total. The normalized spacial score (nSPS) is 15.9. The summed E-state index contributed by atoms with van der Waals surface area (Å²) in [6, 6.07) is 12.1. The van der Waals surface area contributed by atoms with Crippen LogP contribution in [0.25, 0.3) is 6.08 Å². The van der Waals surface area contributed by atoms with Gasteiger partial charge in [0.1, 0.15) is 5.57 Å². The number of rotatable bonds is 8. The third-order valence-electron chi connectivity index (χ3n) is 4.95. The number of thiocarbonyl (C=S) groups is 1. The Morgan fingerprint density at radius 3 is 2.58 bits per heavy atom. The molecule has 0 spiro atoms. The summed E-state index contributed by atoms with van der Waals surface area (Å²) in [5.41, 5.74) is 1.94. The zero-order chi connectivity index (χ0) is 24.1. The molecular weight excluding hydrogens is 444 g/mol. The van der Waals surface area contributed by atoms with Gasteiger partial charge in [0.25, 0.3) is 11.8 Å². The first-order valence-electron chi connectivity index (χ1n) is 10.4. The molecule has 0 bridgehead atoms. The van der Waals surface area contributed by atoms with Gasteiger partial charge < -0.3 is 14.6 Å². The lowest BCUT2D eigenvalue weighted by atomic mass is 10.0. The number of carboxylic acids is 1. The minimum absolute atomic E-state index is 0.0180. The highest BCUT2D eigenvalue weighted by Gasteiger charge is 2.35. The number of carbonyl (C=O) groups is 3. The highest BCUT2D eigenvalue weighted by atomic mass is 32.1. The molecule has 0 aromatic heterocycles. The van der Waals surface area contributed by atoms with Gasteiger partial charge in [0.2, 0.25) is 0 Å². The van der Waals surface area contributed by atoms with E-state index in [-0.39, 0.29) is 16.4 Å². The Morgan fingerprint density at radius 2 is 1.91 bits per heavy atom. The van der Waals surface area contributed by atoms with Gasteiger partial charge in [0.05, 0.1) is 12.3 Å². The fraction of sp³-hybridized carbons (Fsp3) is 0.250. The van der Waals surface area contributed by atoms with Gasteiger partial charge >= 0.3 is 5.97 Å². The largest absolute Gasteiger partial charge is 0.490 e. The summed E-state index contributed by atoms with van der Waals surface area (Å²) in [4.78, 5) is 38.4. The number of aryl methyl sites for hydroxylation is 1. The Bertz CT molecular complexity index is 1140. The number of nitrogens with zero attached hydrogens (tertiary/aromatic N) is 1. The molecular formula is C24H24N2O6S. The molecule has 1 saturated heterocycles. The molecule has 1 atom stereocenters. The lowest BCUT2D eigenvalue weighted by molar-refractivity contribution is -0.144. The van der Waals surface area contributed by atoms with Crippen LogP contribution in [0.3, 0.4) is 0 Å². The van der Waals surface area contributed by atoms with Crippen molar-refractivity contribution in [3.05, 3.63) is 59.2 Å². The van der Waals surface area contributed by atoms with Crippen molar-refractivity contribution >= 4 is 46.9 Å². The number of amides is 2. The minimum Gasteiger partial charge on any atom is -0.490 e. The van der Waals surface area contributed by atoms with Crippen LogP contribution in [0.2, 0.25) is 0 Å². The molecule has 0 aliphatic carbocycles. The molecule has 172 valence electrons. The lowest BCUT2D eigenvalue weighted by Crippen LogP contribution is -2.54. The monoisotopic (exact) mass is 468 g/mol. The number of carboxylic acid groups (broad SMARTS) is 1. The van der Waals surface area contributed by atoms with Crippen LogP contribution in [-0.2, 0) is 20.8 Å². The average Bonchev–Trinajstić information content (AvgIpc) is 2.78. The van der Waals surface area contributed by atoms with E-state index in [1.54, 1.807) is 31.2 Å². The first kappa shape index (κ1) is 23.9. The van der Waals surface area contributed by atoms with E-state index < -0.39 is 23.9 Å². The van der Waals surface area contributed by atoms with Crippen molar-refractivity contribution in [2.24, 2.45) is 0 Å². The molecule has 2 N–H and O–H groups in total. The van der Waals surface area contributed by atoms with Crippen molar-refractivity contribution in [1.82, 2.24) is 5.32 Å². The topological polar surface area (TPSA) is 105 Å². The Hall–Kier alpha value is -3.72. The minimum atomic E-state index is -1.11. The molecule has 2 aromatic carbocycles. The van der Waals surface area contributed by atoms with Gasteiger partial charge in [-0.3, -0.25) is 19.8 Å². The van der Waals surface area contributed by atoms with Crippen LogP contribution in [0, 0.1) is 0 Å². The van der Waals surface area contributed by atoms with E-state index in [9.17, 15) is 14.4 Å². The average molecular weight is 469 g/mol. The summed E-state index contributed by atoms with van der Waals surface area (Å²) in [6.07, 6.45) is 1.05. The van der Waals surface area contributed by atoms with E-state index in [4.69, 9.17) is 26.8 Å². The highest BCUT2D eigenvalue weighted by Crippen LogP contribution is 2.31. The predicted octanol–water partition coefficient (Wildman–Crippen LogP) is 3.33. The zero-order valence-electron chi connectivity index (χ0n) is 18.5. The van der Waals surface area contributed by atoms with Crippen LogP contribution in [-0.4, -0.2) is 40.7 Å². The molecule has 0 unspecified atom stereocenters. The lowest BCUT2D eigenvalue weighted by Gasteiger charge is -2.30. The second-order valence-corrected chi connectivity index (χ2v) is 7.56. The molecule has 2 amide bonds. The highest BCUT2D eigenvalue weighted by molar-refractivity contribution is 7.80. The van der Waals surface area contributed by atoms with Gasteiger partial charge in [-0.1, -0.05) is 31.2 Å². The fourth-order valence-corrected chi connectivity index (χ4v) is 3.57. The molecule has 1 heterocycles. The molecule has 9 heteroatoms. The van der Waals surface area contributed by atoms with Crippen molar-refractivity contribution in [2.75, 3.05) is 11.5 Å². The van der Waals surface area contributed by atoms with E-state index in [0.717, 1.165) is 5.56 Å². The Labute approximate surface area is 196 Å². The summed E-state index contributed by atoms with van der Waals surface area (Å²) in [5.74, 6) is -1.72. The second-order valence-electron chi connectivity index (χ2n) is 7.18. The number of carbonyl (C=O) groups excluding carboxylic acids is 2. The number of benzene rings is 2. The van der Waals surface area contributed by atoms with E-state index in [1.165, 1.54) is 24.0 Å². The second kappa shape index (κ2) is 10.3. The van der Waals surface area contributed by atoms with Crippen molar-refractivity contribution in [3.8, 4) is 11.5 Å². The van der Waals surface area contributed by atoms with Crippen LogP contribution < -0.4 is 19.7 Å². The molecule has 1 fully saturated rings. The van der Waals surface area contributed by atoms with E-state index >= 15 is 0 Å². The van der Waals surface area contributed by atoms with Gasteiger partial charge in [-0.25, -0.2) is 4.79 Å². The number of ether oxygens (including phenoxy) is 2. The molecule has 0 radical (unpaired) electrons. The third-order valence-corrected chi connectivity index (χ3v) is 5.23. The van der Waals surface area contributed by atoms with Crippen LogP contribution in [0.4, 0.5) is 5.69 Å². The van der Waals surface area contributed by atoms with E-state index in [1.807, 2.05) is 19.1 Å². The molecule has 1 aliphatic heterocycles. The smallest absolute Gasteiger partial charge is 0.344 e. The standard InChI is InChI=1S/C24H24N2O6S/c1-4-16-8-6-7-9-18(16)26-22(28)17(21(27)25-24(26)33)12-15-10-11-19(20(13-15)31-5-2)32-14(3)23(29)30/h6-14H,4-5H2,1-3H3,(H,29,30)(H,25,27,33)/b17-12-/t14-/m0/s1. The van der Waals surface area contributed by atoms with Crippen LogP contribution in [0.1, 0.15) is 31.9 Å². The maximum atomic E-state index is 13.3. The first-order valence-corrected chi connectivity index (χ1v) is 10.8. The van der Waals surface area contributed by atoms with E-state index in [2.05, 4.69) is 5.32 Å². The van der Waals surface area contributed by atoms with Crippen LogP contribution in [0.15, 0.2) is 48.0 Å². The maximum absolute atomic E-state index is 13.3. The van der Waals surface area contributed by atoms with Gasteiger partial charge in [-0.15, -0.1) is 0 Å². The van der Waals surface area contributed by atoms with Crippen molar-refractivity contribution in [1.29, 1.82) is 0 Å². The Kier molecular flexibility index (Phi) is 7.44. The zero-order valence-corrected chi connectivity index (χ0v) is 19.3. The molecule has 33 heavy (non-hydrogen) atoms. The molecule has 3 rings (SSSR count). The van der Waals surface area contributed by atoms with Crippen molar-refractivity contribution in [2.45, 2.75) is 33.3 Å². The number of anilines is 1. The summed E-state index contributed by atoms with van der Waals surface area (Å²) in [5, 5.41) is 11.7. The van der Waals surface area contributed by atoms with Gasteiger partial charge in [0, 0.05) is 0 Å². The maximum Gasteiger partial charge on any atom is 0.344 e. The molecule has 1 aliphatic rings. The molecule has 2 aromatic rings. The predicted molar refractivity (Wildman–Crippen MR) is 127 cm³/mol. The first-order chi connectivity index (χ1) is 15.8. The quantitative estimate of drug-likeness (QED) is 0.348.